The average molecular weight is 587 g/mol. The van der Waals surface area contributed by atoms with Crippen molar-refractivity contribution in [3.63, 3.8) is 0 Å². The van der Waals surface area contributed by atoms with Gasteiger partial charge in [-0.15, -0.1) is 0 Å². The van der Waals surface area contributed by atoms with E-state index >= 15 is 0 Å². The maximum absolute atomic E-state index is 13.5. The van der Waals surface area contributed by atoms with Crippen LogP contribution in [0.2, 0.25) is 10.0 Å². The number of anilines is 1. The van der Waals surface area contributed by atoms with Crippen molar-refractivity contribution in [3.8, 4) is 5.75 Å². The van der Waals surface area contributed by atoms with Crippen molar-refractivity contribution >= 4 is 50.7 Å². The first-order valence-corrected chi connectivity index (χ1v) is 15.1. The third kappa shape index (κ3) is 9.06. The molecule has 0 bridgehead atoms. The normalized spacial score (nSPS) is 12.2. The third-order valence-electron chi connectivity index (χ3n) is 5.91. The van der Waals surface area contributed by atoms with E-state index in [9.17, 15) is 18.0 Å². The van der Waals surface area contributed by atoms with Gasteiger partial charge in [0.15, 0.2) is 0 Å². The number of hydrogen-bond donors (Lipinski definition) is 1. The fourth-order valence-corrected chi connectivity index (χ4v) is 5.28. The maximum Gasteiger partial charge on any atom is 0.242 e. The lowest BCUT2D eigenvalue weighted by Gasteiger charge is -2.31. The third-order valence-corrected chi connectivity index (χ3v) is 7.83. The number of nitrogens with zero attached hydrogens (tertiary/aromatic N) is 2. The predicted molar refractivity (Wildman–Crippen MR) is 153 cm³/mol. The van der Waals surface area contributed by atoms with Gasteiger partial charge in [-0.3, -0.25) is 13.9 Å². The summed E-state index contributed by atoms with van der Waals surface area (Å²) in [5.41, 5.74) is 1.13. The van der Waals surface area contributed by atoms with E-state index in [-0.39, 0.29) is 43.7 Å². The number of nitrogens with one attached hydrogen (secondary N) is 1. The molecular formula is C27H37Cl2N3O5S. The van der Waals surface area contributed by atoms with E-state index in [1.165, 1.54) is 16.3 Å². The van der Waals surface area contributed by atoms with Crippen LogP contribution in [0.1, 0.15) is 45.6 Å². The van der Waals surface area contributed by atoms with Gasteiger partial charge in [-0.25, -0.2) is 8.42 Å². The molecule has 0 fully saturated rings. The summed E-state index contributed by atoms with van der Waals surface area (Å²) in [6.45, 7) is 6.56. The summed E-state index contributed by atoms with van der Waals surface area (Å²) < 4.78 is 31.7. The van der Waals surface area contributed by atoms with Gasteiger partial charge in [-0.05, 0) is 48.6 Å². The number of para-hydroxylation sites is 2. The molecule has 1 N–H and O–H groups in total. The van der Waals surface area contributed by atoms with E-state index in [0.717, 1.165) is 11.8 Å². The van der Waals surface area contributed by atoms with E-state index in [4.69, 9.17) is 27.9 Å². The maximum atomic E-state index is 13.5. The van der Waals surface area contributed by atoms with Crippen molar-refractivity contribution in [2.24, 2.45) is 5.92 Å². The number of sulfonamides is 1. The van der Waals surface area contributed by atoms with E-state index < -0.39 is 16.1 Å². The summed E-state index contributed by atoms with van der Waals surface area (Å²) in [4.78, 5) is 28.1. The summed E-state index contributed by atoms with van der Waals surface area (Å²) in [5.74, 6) is 0.170. The highest BCUT2D eigenvalue weighted by Crippen LogP contribution is 2.30. The largest absolute Gasteiger partial charge is 0.495 e. The van der Waals surface area contributed by atoms with Gasteiger partial charge in [-0.1, -0.05) is 62.2 Å². The van der Waals surface area contributed by atoms with Crippen LogP contribution in [0, 0.1) is 5.92 Å². The van der Waals surface area contributed by atoms with Crippen LogP contribution in [0.25, 0.3) is 0 Å². The molecule has 0 saturated heterocycles. The number of methoxy groups -OCH3 is 1. The highest BCUT2D eigenvalue weighted by atomic mass is 35.5. The number of benzene rings is 2. The molecular weight excluding hydrogens is 549 g/mol. The Morgan fingerprint density at radius 1 is 1.08 bits per heavy atom. The second-order valence-corrected chi connectivity index (χ2v) is 12.2. The predicted octanol–water partition coefficient (Wildman–Crippen LogP) is 5.13. The second-order valence-electron chi connectivity index (χ2n) is 9.44. The van der Waals surface area contributed by atoms with Crippen molar-refractivity contribution < 1.29 is 22.7 Å². The lowest BCUT2D eigenvalue weighted by molar-refractivity contribution is -0.141. The molecule has 210 valence electrons. The summed E-state index contributed by atoms with van der Waals surface area (Å²) >= 11 is 12.3. The van der Waals surface area contributed by atoms with E-state index in [1.807, 2.05) is 20.8 Å². The fourth-order valence-electron chi connectivity index (χ4n) is 3.99. The molecule has 0 spiro atoms. The summed E-state index contributed by atoms with van der Waals surface area (Å²) in [6.07, 6.45) is 1.81. The standard InChI is InChI=1S/C27H37Cl2N3O5S/c1-6-23(27(34)30-17-19(2)3)31(18-20-13-14-21(28)22(29)16-20)26(33)12-9-15-32(38(5,35)36)24-10-7-8-11-25(24)37-4/h7-8,10-11,13-14,16,19,23H,6,9,12,15,17-18H2,1-5H3,(H,30,34). The minimum absolute atomic E-state index is 0.0381. The average Bonchev–Trinajstić information content (AvgIpc) is 2.86. The van der Waals surface area contributed by atoms with Crippen LogP contribution >= 0.6 is 23.2 Å². The van der Waals surface area contributed by atoms with Gasteiger partial charge < -0.3 is 15.0 Å². The van der Waals surface area contributed by atoms with E-state index in [1.54, 1.807) is 42.5 Å². The molecule has 0 aromatic heterocycles. The van der Waals surface area contributed by atoms with Crippen molar-refractivity contribution in [2.45, 2.75) is 52.6 Å². The summed E-state index contributed by atoms with van der Waals surface area (Å²) in [6, 6.07) is 11.2. The first kappa shape index (κ1) is 31.7. The molecule has 2 aromatic carbocycles. The van der Waals surface area contributed by atoms with Gasteiger partial charge >= 0.3 is 0 Å². The SMILES string of the molecule is CCC(C(=O)NCC(C)C)N(Cc1ccc(Cl)c(Cl)c1)C(=O)CCCN(c1ccccc1OC)S(C)(=O)=O. The van der Waals surface area contributed by atoms with Crippen LogP contribution < -0.4 is 14.4 Å². The number of carbonyl (C=O) groups is 2. The Morgan fingerprint density at radius 2 is 1.76 bits per heavy atom. The molecule has 11 heteroatoms. The van der Waals surface area contributed by atoms with Gasteiger partial charge in [0.25, 0.3) is 0 Å². The first-order valence-electron chi connectivity index (χ1n) is 12.5. The Labute approximate surface area is 236 Å². The Balaban J connectivity index is 2.26. The molecule has 38 heavy (non-hydrogen) atoms. The highest BCUT2D eigenvalue weighted by Gasteiger charge is 2.29. The number of hydrogen-bond acceptors (Lipinski definition) is 5. The summed E-state index contributed by atoms with van der Waals surface area (Å²) in [7, 11) is -2.17. The molecule has 2 rings (SSSR count). The minimum Gasteiger partial charge on any atom is -0.495 e. The molecule has 0 heterocycles. The van der Waals surface area contributed by atoms with E-state index in [2.05, 4.69) is 5.32 Å². The molecule has 0 radical (unpaired) electrons. The zero-order valence-electron chi connectivity index (χ0n) is 22.5. The van der Waals surface area contributed by atoms with Gasteiger partial charge in [0, 0.05) is 26.1 Å². The Hall–Kier alpha value is -2.49. The van der Waals surface area contributed by atoms with Crippen LogP contribution in [0.5, 0.6) is 5.75 Å². The van der Waals surface area contributed by atoms with Crippen molar-refractivity contribution in [3.05, 3.63) is 58.1 Å². The van der Waals surface area contributed by atoms with Gasteiger partial charge in [0.05, 0.1) is 29.1 Å². The van der Waals surface area contributed by atoms with Gasteiger partial charge in [0.2, 0.25) is 21.8 Å². The number of halogens is 2. The lowest BCUT2D eigenvalue weighted by Crippen LogP contribution is -2.49. The van der Waals surface area contributed by atoms with Crippen LogP contribution in [-0.2, 0) is 26.2 Å². The molecule has 0 aliphatic heterocycles. The van der Waals surface area contributed by atoms with Crippen molar-refractivity contribution in [1.29, 1.82) is 0 Å². The van der Waals surface area contributed by atoms with Crippen molar-refractivity contribution in [2.75, 3.05) is 30.8 Å². The first-order chi connectivity index (χ1) is 17.9. The topological polar surface area (TPSA) is 96.0 Å². The Kier molecular flexibility index (Phi) is 12.2. The Bertz CT molecular complexity index is 1210. The number of rotatable bonds is 14. The second kappa shape index (κ2) is 14.6. The molecule has 1 atom stereocenters. The van der Waals surface area contributed by atoms with Gasteiger partial charge in [-0.2, -0.15) is 0 Å². The molecule has 2 aromatic rings. The van der Waals surface area contributed by atoms with Gasteiger partial charge in [0.1, 0.15) is 11.8 Å². The molecule has 1 unspecified atom stereocenters. The lowest BCUT2D eigenvalue weighted by atomic mass is 10.1. The zero-order chi connectivity index (χ0) is 28.5. The van der Waals surface area contributed by atoms with Crippen molar-refractivity contribution in [1.82, 2.24) is 10.2 Å². The zero-order valence-corrected chi connectivity index (χ0v) is 24.9. The minimum atomic E-state index is -3.64. The summed E-state index contributed by atoms with van der Waals surface area (Å²) in [5, 5.41) is 3.67. The highest BCUT2D eigenvalue weighted by molar-refractivity contribution is 7.92. The molecule has 2 amide bonds. The molecule has 0 saturated carbocycles. The van der Waals surface area contributed by atoms with Crippen LogP contribution in [0.15, 0.2) is 42.5 Å². The van der Waals surface area contributed by atoms with E-state index in [0.29, 0.717) is 34.4 Å². The van der Waals surface area contributed by atoms with Crippen LogP contribution in [0.4, 0.5) is 5.69 Å². The number of carbonyl (C=O) groups excluding carboxylic acids is 2. The number of amides is 2. The Morgan fingerprint density at radius 3 is 2.34 bits per heavy atom. The molecule has 0 aliphatic rings. The molecule has 8 nitrogen and oxygen atoms in total. The molecule has 0 aliphatic carbocycles. The smallest absolute Gasteiger partial charge is 0.242 e. The van der Waals surface area contributed by atoms with Crippen LogP contribution in [-0.4, -0.2) is 57.6 Å². The van der Waals surface area contributed by atoms with Crippen LogP contribution in [0.3, 0.4) is 0 Å². The number of ether oxygens (including phenoxy) is 1. The monoisotopic (exact) mass is 585 g/mol. The quantitative estimate of drug-likeness (QED) is 0.331. The fraction of sp³-hybridized carbons (Fsp3) is 0.481.